The summed E-state index contributed by atoms with van der Waals surface area (Å²) in [5.74, 6) is 0. The van der Waals surface area contributed by atoms with Crippen LogP contribution in [-0.4, -0.2) is 17.9 Å². The van der Waals surface area contributed by atoms with E-state index in [0.717, 1.165) is 0 Å². The second-order valence-corrected chi connectivity index (χ2v) is 3.63. The van der Waals surface area contributed by atoms with Gasteiger partial charge in [0.25, 0.3) is 5.69 Å². The van der Waals surface area contributed by atoms with Gasteiger partial charge in [-0.2, -0.15) is 8.42 Å². The number of anilines is 1. The van der Waals surface area contributed by atoms with Gasteiger partial charge < -0.3 is 5.43 Å². The lowest BCUT2D eigenvalue weighted by Crippen LogP contribution is -2.28. The highest BCUT2D eigenvalue weighted by Crippen LogP contribution is 2.22. The Kier molecular flexibility index (Phi) is 3.19. The maximum atomic E-state index is 10.5. The quantitative estimate of drug-likeness (QED) is 0.391. The van der Waals surface area contributed by atoms with Gasteiger partial charge in [-0.1, -0.05) is 12.1 Å². The van der Waals surface area contributed by atoms with Crippen molar-refractivity contribution in [3.8, 4) is 0 Å². The molecule has 0 atom stereocenters. The minimum Gasteiger partial charge on any atom is -0.300 e. The molecule has 0 aliphatic rings. The van der Waals surface area contributed by atoms with Crippen LogP contribution in [0.25, 0.3) is 0 Å². The Morgan fingerprint density at radius 2 is 1.93 bits per heavy atom. The zero-order chi connectivity index (χ0) is 11.5. The van der Waals surface area contributed by atoms with Gasteiger partial charge in [0.15, 0.2) is 0 Å². The van der Waals surface area contributed by atoms with Crippen LogP contribution in [0.3, 0.4) is 0 Å². The van der Waals surface area contributed by atoms with Crippen LogP contribution in [0.4, 0.5) is 11.4 Å². The summed E-state index contributed by atoms with van der Waals surface area (Å²) in [6.07, 6.45) is 0. The maximum absolute atomic E-state index is 10.5. The Hall–Kier alpha value is -1.71. The number of hydrogen-bond donors (Lipinski definition) is 3. The van der Waals surface area contributed by atoms with Crippen molar-refractivity contribution in [2.45, 2.75) is 0 Å². The number of para-hydroxylation sites is 2. The lowest BCUT2D eigenvalue weighted by Gasteiger charge is -2.05. The first-order valence-electron chi connectivity index (χ1n) is 3.64. The van der Waals surface area contributed by atoms with Crippen LogP contribution in [0, 0.1) is 10.1 Å². The van der Waals surface area contributed by atoms with Crippen molar-refractivity contribution >= 4 is 21.7 Å². The fourth-order valence-corrected chi connectivity index (χ4v) is 1.10. The van der Waals surface area contributed by atoms with Crippen LogP contribution >= 0.6 is 0 Å². The van der Waals surface area contributed by atoms with Gasteiger partial charge in [0.1, 0.15) is 5.69 Å². The van der Waals surface area contributed by atoms with Gasteiger partial charge in [-0.3, -0.25) is 14.7 Å². The second-order valence-electron chi connectivity index (χ2n) is 2.48. The SMILES string of the molecule is O=[N+]([O-])c1ccccc1NNS(=O)(=O)O. The molecule has 0 saturated carbocycles. The van der Waals surface area contributed by atoms with E-state index in [-0.39, 0.29) is 11.4 Å². The van der Waals surface area contributed by atoms with Crippen LogP contribution in [0.1, 0.15) is 0 Å². The topological polar surface area (TPSA) is 122 Å². The highest BCUT2D eigenvalue weighted by molar-refractivity contribution is 7.83. The highest BCUT2D eigenvalue weighted by Gasteiger charge is 2.13. The summed E-state index contributed by atoms with van der Waals surface area (Å²) in [4.78, 5) is 11.3. The summed E-state index contributed by atoms with van der Waals surface area (Å²) in [6.45, 7) is 0. The normalized spacial score (nSPS) is 11.0. The summed E-state index contributed by atoms with van der Waals surface area (Å²) >= 11 is 0. The van der Waals surface area contributed by atoms with E-state index in [9.17, 15) is 18.5 Å². The molecule has 0 bridgehead atoms. The lowest BCUT2D eigenvalue weighted by molar-refractivity contribution is -0.384. The van der Waals surface area contributed by atoms with Crippen molar-refractivity contribution < 1.29 is 17.9 Å². The molecule has 82 valence electrons. The number of hydrogen-bond acceptors (Lipinski definition) is 5. The van der Waals surface area contributed by atoms with E-state index in [2.05, 4.69) is 0 Å². The minimum absolute atomic E-state index is 0.0693. The average Bonchev–Trinajstić information content (AvgIpc) is 2.14. The van der Waals surface area contributed by atoms with E-state index < -0.39 is 15.2 Å². The molecule has 8 nitrogen and oxygen atoms in total. The number of nitrogens with zero attached hydrogens (tertiary/aromatic N) is 1. The number of benzene rings is 1. The molecule has 0 unspecified atom stereocenters. The molecule has 0 fully saturated rings. The molecule has 0 heterocycles. The van der Waals surface area contributed by atoms with Crippen LogP contribution in [-0.2, 0) is 10.3 Å². The van der Waals surface area contributed by atoms with Gasteiger partial charge in [0.05, 0.1) is 4.92 Å². The summed E-state index contributed by atoms with van der Waals surface area (Å²) in [5.41, 5.74) is 1.62. The van der Waals surface area contributed by atoms with Crippen molar-refractivity contribution in [1.82, 2.24) is 4.83 Å². The largest absolute Gasteiger partial charge is 0.350 e. The van der Waals surface area contributed by atoms with E-state index in [1.54, 1.807) is 0 Å². The number of nitrogens with one attached hydrogen (secondary N) is 2. The van der Waals surface area contributed by atoms with Gasteiger partial charge in [-0.15, -0.1) is 4.83 Å². The number of hydrazine groups is 1. The Labute approximate surface area is 84.9 Å². The molecule has 0 radical (unpaired) electrons. The maximum Gasteiger partial charge on any atom is 0.350 e. The molecular formula is C6H7N3O5S. The van der Waals surface area contributed by atoms with Crippen LogP contribution in [0.5, 0.6) is 0 Å². The third-order valence-electron chi connectivity index (χ3n) is 1.42. The van der Waals surface area contributed by atoms with Crippen molar-refractivity contribution in [3.05, 3.63) is 34.4 Å². The highest BCUT2D eigenvalue weighted by atomic mass is 32.2. The zero-order valence-corrected chi connectivity index (χ0v) is 8.06. The summed E-state index contributed by atoms with van der Waals surface area (Å²) < 4.78 is 28.9. The minimum atomic E-state index is -4.45. The summed E-state index contributed by atoms with van der Waals surface area (Å²) in [7, 11) is -4.45. The van der Waals surface area contributed by atoms with Crippen molar-refractivity contribution in [2.75, 3.05) is 5.43 Å². The monoisotopic (exact) mass is 233 g/mol. The Morgan fingerprint density at radius 1 is 1.33 bits per heavy atom. The van der Waals surface area contributed by atoms with Crippen LogP contribution in [0.15, 0.2) is 24.3 Å². The van der Waals surface area contributed by atoms with Crippen molar-refractivity contribution in [3.63, 3.8) is 0 Å². The van der Waals surface area contributed by atoms with Crippen molar-refractivity contribution in [2.24, 2.45) is 0 Å². The molecule has 9 heteroatoms. The Balaban J connectivity index is 2.90. The van der Waals surface area contributed by atoms with E-state index in [1.165, 1.54) is 29.1 Å². The zero-order valence-electron chi connectivity index (χ0n) is 7.25. The molecular weight excluding hydrogens is 226 g/mol. The fraction of sp³-hybridized carbons (Fsp3) is 0. The predicted molar refractivity (Wildman–Crippen MR) is 51.4 cm³/mol. The first-order valence-corrected chi connectivity index (χ1v) is 5.08. The van der Waals surface area contributed by atoms with E-state index in [4.69, 9.17) is 4.55 Å². The molecule has 1 aromatic carbocycles. The van der Waals surface area contributed by atoms with Gasteiger partial charge in [-0.25, -0.2) is 0 Å². The van der Waals surface area contributed by atoms with Crippen LogP contribution in [0.2, 0.25) is 0 Å². The van der Waals surface area contributed by atoms with Gasteiger partial charge in [0, 0.05) is 6.07 Å². The first kappa shape index (κ1) is 11.4. The molecule has 0 saturated heterocycles. The molecule has 3 N–H and O–H groups in total. The predicted octanol–water partition coefficient (Wildman–Crippen LogP) is 0.314. The number of nitro groups is 1. The van der Waals surface area contributed by atoms with Crippen molar-refractivity contribution in [1.29, 1.82) is 0 Å². The molecule has 0 aromatic heterocycles. The third kappa shape index (κ3) is 3.50. The van der Waals surface area contributed by atoms with Gasteiger partial charge >= 0.3 is 10.3 Å². The lowest BCUT2D eigenvalue weighted by atomic mass is 10.3. The number of nitro benzene ring substituents is 1. The van der Waals surface area contributed by atoms with E-state index in [1.807, 2.05) is 5.43 Å². The molecule has 15 heavy (non-hydrogen) atoms. The number of rotatable bonds is 4. The van der Waals surface area contributed by atoms with Crippen LogP contribution < -0.4 is 10.3 Å². The Bertz CT molecular complexity index is 471. The first-order chi connectivity index (χ1) is 6.90. The Morgan fingerprint density at radius 3 is 2.47 bits per heavy atom. The molecule has 0 spiro atoms. The molecule has 0 aliphatic heterocycles. The average molecular weight is 233 g/mol. The smallest absolute Gasteiger partial charge is 0.300 e. The van der Waals surface area contributed by atoms with Gasteiger partial charge in [-0.05, 0) is 6.07 Å². The third-order valence-corrected chi connectivity index (χ3v) is 1.78. The fourth-order valence-electron chi connectivity index (χ4n) is 0.858. The molecule has 0 aliphatic carbocycles. The summed E-state index contributed by atoms with van der Waals surface area (Å²) in [6, 6.07) is 5.38. The van der Waals surface area contributed by atoms with E-state index >= 15 is 0 Å². The molecule has 1 aromatic rings. The second kappa shape index (κ2) is 4.21. The van der Waals surface area contributed by atoms with Gasteiger partial charge in [0.2, 0.25) is 0 Å². The summed E-state index contributed by atoms with van der Waals surface area (Å²) in [5, 5.41) is 10.5. The molecule has 0 amide bonds. The van der Waals surface area contributed by atoms with E-state index in [0.29, 0.717) is 0 Å². The molecule has 1 rings (SSSR count). The standard InChI is InChI=1S/C6H7N3O5S/c10-9(11)6-4-2-1-3-5(6)7-8-15(12,13)14/h1-4,7-8H,(H,12,13,14).